The molecule has 122 valence electrons. The number of non-ortho nitro benzene ring substituents is 1. The van der Waals surface area contributed by atoms with Crippen LogP contribution in [0.15, 0.2) is 35.0 Å². The Bertz CT molecular complexity index is 704. The standard InChI is InChI=1S/C15H16ClN3O3S/c1-18(2)14(10-5-6-23-9-10)8-17-15(20)12-4-3-11(19(21)22)7-13(12)16/h3-7,9,14H,8H2,1-2H3,(H,17,20)/t14-/m0/s1. The zero-order valence-corrected chi connectivity index (χ0v) is 14.2. The number of nitro groups is 1. The molecule has 0 saturated carbocycles. The Morgan fingerprint density at radius 1 is 1.43 bits per heavy atom. The first kappa shape index (κ1) is 17.4. The van der Waals surface area contributed by atoms with Crippen LogP contribution in [0.25, 0.3) is 0 Å². The van der Waals surface area contributed by atoms with Gasteiger partial charge in [-0.2, -0.15) is 11.3 Å². The van der Waals surface area contributed by atoms with E-state index in [2.05, 4.69) is 5.32 Å². The molecule has 23 heavy (non-hydrogen) atoms. The number of hydrogen-bond donors (Lipinski definition) is 1. The van der Waals surface area contributed by atoms with Crippen LogP contribution in [0.2, 0.25) is 5.02 Å². The monoisotopic (exact) mass is 353 g/mol. The summed E-state index contributed by atoms with van der Waals surface area (Å²) in [4.78, 5) is 24.4. The Morgan fingerprint density at radius 2 is 2.17 bits per heavy atom. The van der Waals surface area contributed by atoms with E-state index in [1.807, 2.05) is 35.8 Å². The van der Waals surface area contributed by atoms with Gasteiger partial charge in [-0.15, -0.1) is 0 Å². The van der Waals surface area contributed by atoms with Crippen molar-refractivity contribution in [3.63, 3.8) is 0 Å². The molecule has 0 fully saturated rings. The number of carbonyl (C=O) groups excluding carboxylic acids is 1. The number of amides is 1. The second kappa shape index (κ2) is 7.54. The third kappa shape index (κ3) is 4.28. The summed E-state index contributed by atoms with van der Waals surface area (Å²) >= 11 is 7.57. The largest absolute Gasteiger partial charge is 0.350 e. The number of likely N-dealkylation sites (N-methyl/N-ethyl adjacent to an activating group) is 1. The fourth-order valence-corrected chi connectivity index (χ4v) is 3.12. The summed E-state index contributed by atoms with van der Waals surface area (Å²) in [6, 6.07) is 5.87. The second-order valence-electron chi connectivity index (χ2n) is 5.17. The van der Waals surface area contributed by atoms with Crippen LogP contribution in [0.3, 0.4) is 0 Å². The smallest absolute Gasteiger partial charge is 0.270 e. The Balaban J connectivity index is 2.08. The van der Waals surface area contributed by atoms with Crippen molar-refractivity contribution >= 4 is 34.5 Å². The molecule has 1 N–H and O–H groups in total. The number of nitro benzene ring substituents is 1. The number of hydrogen-bond acceptors (Lipinski definition) is 5. The molecule has 0 aliphatic rings. The van der Waals surface area contributed by atoms with Gasteiger partial charge in [-0.25, -0.2) is 0 Å². The van der Waals surface area contributed by atoms with E-state index in [0.29, 0.717) is 6.54 Å². The number of carbonyl (C=O) groups is 1. The number of rotatable bonds is 6. The van der Waals surface area contributed by atoms with E-state index in [9.17, 15) is 14.9 Å². The van der Waals surface area contributed by atoms with Crippen LogP contribution in [-0.2, 0) is 0 Å². The molecule has 0 unspecified atom stereocenters. The molecule has 6 nitrogen and oxygen atoms in total. The first-order valence-corrected chi connectivity index (χ1v) is 8.13. The van der Waals surface area contributed by atoms with Crippen molar-refractivity contribution in [1.82, 2.24) is 10.2 Å². The van der Waals surface area contributed by atoms with Crippen molar-refractivity contribution in [1.29, 1.82) is 0 Å². The normalized spacial score (nSPS) is 12.2. The number of nitrogens with one attached hydrogen (secondary N) is 1. The van der Waals surface area contributed by atoms with Crippen molar-refractivity contribution in [2.75, 3.05) is 20.6 Å². The van der Waals surface area contributed by atoms with Gasteiger partial charge in [-0.05, 0) is 42.6 Å². The summed E-state index contributed by atoms with van der Waals surface area (Å²) in [6.45, 7) is 0.413. The van der Waals surface area contributed by atoms with Crippen molar-refractivity contribution in [2.45, 2.75) is 6.04 Å². The topological polar surface area (TPSA) is 75.5 Å². The second-order valence-corrected chi connectivity index (χ2v) is 6.35. The van der Waals surface area contributed by atoms with E-state index < -0.39 is 4.92 Å². The Morgan fingerprint density at radius 3 is 2.70 bits per heavy atom. The Kier molecular flexibility index (Phi) is 5.70. The van der Waals surface area contributed by atoms with Crippen molar-refractivity contribution < 1.29 is 9.72 Å². The summed E-state index contributed by atoms with van der Waals surface area (Å²) in [5.74, 6) is -0.355. The molecule has 0 bridgehead atoms. The van der Waals surface area contributed by atoms with Gasteiger partial charge in [0.05, 0.1) is 21.6 Å². The van der Waals surface area contributed by atoms with Gasteiger partial charge in [0.1, 0.15) is 0 Å². The molecule has 2 rings (SSSR count). The fourth-order valence-electron chi connectivity index (χ4n) is 2.15. The summed E-state index contributed by atoms with van der Waals surface area (Å²) in [7, 11) is 3.88. The van der Waals surface area contributed by atoms with Gasteiger partial charge in [0.2, 0.25) is 0 Å². The van der Waals surface area contributed by atoms with Crippen molar-refractivity contribution in [2.24, 2.45) is 0 Å². The van der Waals surface area contributed by atoms with E-state index in [-0.39, 0.29) is 28.2 Å². The van der Waals surface area contributed by atoms with Gasteiger partial charge in [-0.3, -0.25) is 14.9 Å². The van der Waals surface area contributed by atoms with Crippen LogP contribution in [-0.4, -0.2) is 36.4 Å². The highest BCUT2D eigenvalue weighted by atomic mass is 35.5. The molecule has 0 aliphatic carbocycles. The van der Waals surface area contributed by atoms with Crippen molar-refractivity contribution in [3.05, 3.63) is 61.3 Å². The minimum absolute atomic E-state index is 0.0435. The number of thiophene rings is 1. The zero-order valence-electron chi connectivity index (χ0n) is 12.7. The average Bonchev–Trinajstić information content (AvgIpc) is 3.00. The van der Waals surface area contributed by atoms with Crippen LogP contribution >= 0.6 is 22.9 Å². The number of benzene rings is 1. The summed E-state index contributed by atoms with van der Waals surface area (Å²) in [5, 5.41) is 17.6. The van der Waals surface area contributed by atoms with Crippen LogP contribution in [0.5, 0.6) is 0 Å². The van der Waals surface area contributed by atoms with E-state index >= 15 is 0 Å². The molecular formula is C15H16ClN3O3S. The maximum absolute atomic E-state index is 12.3. The average molecular weight is 354 g/mol. The third-order valence-electron chi connectivity index (χ3n) is 3.42. The highest BCUT2D eigenvalue weighted by Crippen LogP contribution is 2.23. The van der Waals surface area contributed by atoms with E-state index in [1.54, 1.807) is 11.3 Å². The van der Waals surface area contributed by atoms with Crippen LogP contribution in [0.1, 0.15) is 22.0 Å². The minimum Gasteiger partial charge on any atom is -0.350 e. The Labute approximate surface area is 142 Å². The van der Waals surface area contributed by atoms with Crippen molar-refractivity contribution in [3.8, 4) is 0 Å². The molecule has 0 spiro atoms. The molecule has 8 heteroatoms. The predicted molar refractivity (Wildman–Crippen MR) is 91.2 cm³/mol. The maximum atomic E-state index is 12.3. The lowest BCUT2D eigenvalue weighted by atomic mass is 10.1. The van der Waals surface area contributed by atoms with Gasteiger partial charge in [0.25, 0.3) is 11.6 Å². The zero-order chi connectivity index (χ0) is 17.0. The first-order chi connectivity index (χ1) is 10.9. The first-order valence-electron chi connectivity index (χ1n) is 6.81. The SMILES string of the molecule is CN(C)[C@@H](CNC(=O)c1ccc([N+](=O)[O-])cc1Cl)c1ccsc1. The predicted octanol–water partition coefficient (Wildman–Crippen LogP) is 3.34. The van der Waals surface area contributed by atoms with Crippen LogP contribution < -0.4 is 5.32 Å². The molecule has 1 aromatic heterocycles. The van der Waals surface area contributed by atoms with E-state index in [1.165, 1.54) is 18.2 Å². The van der Waals surface area contributed by atoms with Gasteiger partial charge in [0.15, 0.2) is 0 Å². The molecule has 1 atom stereocenters. The molecule has 2 aromatic rings. The molecule has 1 aromatic carbocycles. The lowest BCUT2D eigenvalue weighted by molar-refractivity contribution is -0.384. The van der Waals surface area contributed by atoms with Gasteiger partial charge >= 0.3 is 0 Å². The molecule has 0 radical (unpaired) electrons. The molecule has 1 amide bonds. The maximum Gasteiger partial charge on any atom is 0.270 e. The molecule has 0 saturated heterocycles. The molecular weight excluding hydrogens is 338 g/mol. The lowest BCUT2D eigenvalue weighted by Gasteiger charge is -2.24. The van der Waals surface area contributed by atoms with Gasteiger partial charge < -0.3 is 10.2 Å². The summed E-state index contributed by atoms with van der Waals surface area (Å²) in [5.41, 5.74) is 1.20. The lowest BCUT2D eigenvalue weighted by Crippen LogP contribution is -2.34. The quantitative estimate of drug-likeness (QED) is 0.638. The summed E-state index contributed by atoms with van der Waals surface area (Å²) in [6.07, 6.45) is 0. The highest BCUT2D eigenvalue weighted by Gasteiger charge is 2.18. The fraction of sp³-hybridized carbons (Fsp3) is 0.267. The number of halogens is 1. The minimum atomic E-state index is -0.549. The third-order valence-corrected chi connectivity index (χ3v) is 4.43. The number of nitrogens with zero attached hydrogens (tertiary/aromatic N) is 2. The molecule has 0 aliphatic heterocycles. The van der Waals surface area contributed by atoms with Crippen LogP contribution in [0, 0.1) is 10.1 Å². The van der Waals surface area contributed by atoms with Gasteiger partial charge in [0, 0.05) is 18.7 Å². The highest BCUT2D eigenvalue weighted by molar-refractivity contribution is 7.07. The Hall–Kier alpha value is -1.96. The van der Waals surface area contributed by atoms with E-state index in [4.69, 9.17) is 11.6 Å². The van der Waals surface area contributed by atoms with Gasteiger partial charge in [-0.1, -0.05) is 11.6 Å². The summed E-state index contributed by atoms with van der Waals surface area (Å²) < 4.78 is 0. The van der Waals surface area contributed by atoms with Crippen LogP contribution in [0.4, 0.5) is 5.69 Å². The molecule has 1 heterocycles. The van der Waals surface area contributed by atoms with E-state index in [0.717, 1.165) is 5.56 Å².